The van der Waals surface area contributed by atoms with Crippen LogP contribution < -0.4 is 9.57 Å². The van der Waals surface area contributed by atoms with E-state index in [0.717, 1.165) is 0 Å². The molecule has 0 aliphatic carbocycles. The van der Waals surface area contributed by atoms with Crippen molar-refractivity contribution in [1.29, 1.82) is 0 Å². The number of benzene rings is 2. The van der Waals surface area contributed by atoms with Gasteiger partial charge < -0.3 is 14.7 Å². The summed E-state index contributed by atoms with van der Waals surface area (Å²) in [4.78, 5) is 31.0. The number of hydroxylamine groups is 2. The molecule has 1 atom stereocenters. The summed E-state index contributed by atoms with van der Waals surface area (Å²) in [7, 11) is 1.51. The summed E-state index contributed by atoms with van der Waals surface area (Å²) in [5, 5.41) is 11.2. The Morgan fingerprint density at radius 1 is 1.04 bits per heavy atom. The maximum atomic E-state index is 13.0. The first kappa shape index (κ1) is 17.0. The molecule has 0 saturated carbocycles. The average Bonchev–Trinajstić information content (AvgIpc) is 3.07. The minimum Gasteiger partial charge on any atom is -0.493 e. The third-order valence-corrected chi connectivity index (χ3v) is 4.37. The van der Waals surface area contributed by atoms with Gasteiger partial charge in [-0.15, -0.1) is 5.06 Å². The molecule has 6 nitrogen and oxygen atoms in total. The average molecular weight is 341 g/mol. The minimum absolute atomic E-state index is 0.186. The lowest BCUT2D eigenvalue weighted by Gasteiger charge is -2.32. The fourth-order valence-corrected chi connectivity index (χ4v) is 3.10. The predicted octanol–water partition coefficient (Wildman–Crippen LogP) is 2.79. The van der Waals surface area contributed by atoms with Crippen LogP contribution in [0.2, 0.25) is 0 Å². The van der Waals surface area contributed by atoms with Crippen LogP contribution in [0.5, 0.6) is 11.5 Å². The number of carboxylic acids is 1. The lowest BCUT2D eigenvalue weighted by molar-refractivity contribution is -0.165. The molecule has 1 heterocycles. The lowest BCUT2D eigenvalue weighted by Crippen LogP contribution is -2.57. The van der Waals surface area contributed by atoms with Crippen molar-refractivity contribution in [2.75, 3.05) is 13.7 Å². The number of ketones is 1. The molecule has 0 radical (unpaired) electrons. The van der Waals surface area contributed by atoms with E-state index in [2.05, 4.69) is 0 Å². The van der Waals surface area contributed by atoms with Crippen molar-refractivity contribution in [2.24, 2.45) is 0 Å². The molecule has 1 N–H and O–H groups in total. The molecule has 6 heteroatoms. The summed E-state index contributed by atoms with van der Waals surface area (Å²) in [6.07, 6.45) is 0.727. The number of Topliss-reactive ketones (excluding diaryl/α,β-unsaturated/α-hetero) is 1. The monoisotopic (exact) mass is 341 g/mol. The van der Waals surface area contributed by atoms with Gasteiger partial charge in [0.05, 0.1) is 7.11 Å². The quantitative estimate of drug-likeness (QED) is 0.643. The van der Waals surface area contributed by atoms with Crippen LogP contribution in [0.25, 0.3) is 0 Å². The summed E-state index contributed by atoms with van der Waals surface area (Å²) in [5.74, 6) is -0.846. The van der Waals surface area contributed by atoms with Crippen LogP contribution in [0.1, 0.15) is 23.2 Å². The van der Waals surface area contributed by atoms with E-state index in [-0.39, 0.29) is 6.42 Å². The lowest BCUT2D eigenvalue weighted by atomic mass is 9.87. The van der Waals surface area contributed by atoms with Crippen LogP contribution in [-0.4, -0.2) is 41.1 Å². The van der Waals surface area contributed by atoms with E-state index in [1.54, 1.807) is 54.6 Å². The Morgan fingerprint density at radius 3 is 2.32 bits per heavy atom. The number of methoxy groups -OCH3 is 1. The third kappa shape index (κ3) is 2.96. The van der Waals surface area contributed by atoms with Gasteiger partial charge in [0.1, 0.15) is 0 Å². The van der Waals surface area contributed by atoms with Crippen LogP contribution in [0.15, 0.2) is 54.6 Å². The van der Waals surface area contributed by atoms with Crippen molar-refractivity contribution >= 4 is 11.8 Å². The molecule has 1 aliphatic heterocycles. The molecule has 25 heavy (non-hydrogen) atoms. The van der Waals surface area contributed by atoms with Crippen molar-refractivity contribution in [3.8, 4) is 11.5 Å². The minimum atomic E-state index is -1.75. The molecule has 1 unspecified atom stereocenters. The smallest absolute Gasteiger partial charge is 0.335 e. The number of hydrogen-bond acceptors (Lipinski definition) is 5. The first-order valence-corrected chi connectivity index (χ1v) is 8.01. The number of carbonyl (C=O) groups is 2. The highest BCUT2D eigenvalue weighted by Crippen LogP contribution is 2.36. The van der Waals surface area contributed by atoms with E-state index in [9.17, 15) is 14.7 Å². The highest BCUT2D eigenvalue weighted by molar-refractivity contribution is 6.16. The Hall–Kier alpha value is -2.86. The predicted molar refractivity (Wildman–Crippen MR) is 90.7 cm³/mol. The molecular weight excluding hydrogens is 322 g/mol. The molecule has 1 fully saturated rings. The Morgan fingerprint density at radius 2 is 1.68 bits per heavy atom. The second-order valence-electron chi connectivity index (χ2n) is 5.81. The zero-order valence-electron chi connectivity index (χ0n) is 13.8. The topological polar surface area (TPSA) is 76.1 Å². The zero-order valence-corrected chi connectivity index (χ0v) is 13.8. The number of carboxylic acid groups (broad SMARTS) is 1. The van der Waals surface area contributed by atoms with Crippen LogP contribution in [-0.2, 0) is 4.79 Å². The van der Waals surface area contributed by atoms with Crippen molar-refractivity contribution < 1.29 is 24.3 Å². The summed E-state index contributed by atoms with van der Waals surface area (Å²) in [5.41, 5.74) is -1.40. The van der Waals surface area contributed by atoms with Crippen molar-refractivity contribution in [1.82, 2.24) is 5.06 Å². The fourth-order valence-electron chi connectivity index (χ4n) is 3.10. The molecule has 0 amide bonds. The van der Waals surface area contributed by atoms with Gasteiger partial charge in [0.15, 0.2) is 17.3 Å². The van der Waals surface area contributed by atoms with Crippen LogP contribution in [0.4, 0.5) is 0 Å². The first-order valence-electron chi connectivity index (χ1n) is 8.01. The van der Waals surface area contributed by atoms with Gasteiger partial charge in [0, 0.05) is 12.1 Å². The summed E-state index contributed by atoms with van der Waals surface area (Å²) >= 11 is 0. The fraction of sp³-hybridized carbons (Fsp3) is 0.263. The van der Waals surface area contributed by atoms with Crippen molar-refractivity contribution in [3.05, 3.63) is 60.2 Å². The molecule has 0 aromatic heterocycles. The van der Waals surface area contributed by atoms with Crippen LogP contribution in [0.3, 0.4) is 0 Å². The van der Waals surface area contributed by atoms with Gasteiger partial charge in [-0.2, -0.15) is 0 Å². The standard InChI is InChI=1S/C19H19NO5/c1-24-15-10-5-6-11-16(15)25-20-13-7-12-19(20,18(22)23)17(21)14-8-3-2-4-9-14/h2-6,8-11H,7,12-13H2,1H3,(H,22,23). The Kier molecular flexibility index (Phi) is 4.72. The molecule has 1 aliphatic rings. The van der Waals surface area contributed by atoms with E-state index < -0.39 is 17.3 Å². The largest absolute Gasteiger partial charge is 0.493 e. The third-order valence-electron chi connectivity index (χ3n) is 4.37. The molecule has 0 spiro atoms. The maximum Gasteiger partial charge on any atom is 0.335 e. The van der Waals surface area contributed by atoms with E-state index in [0.29, 0.717) is 30.0 Å². The number of para-hydroxylation sites is 2. The van der Waals surface area contributed by atoms with Crippen molar-refractivity contribution in [3.63, 3.8) is 0 Å². The number of ether oxygens (including phenoxy) is 1. The summed E-state index contributed by atoms with van der Waals surface area (Å²) < 4.78 is 5.25. The molecule has 130 valence electrons. The number of rotatable bonds is 6. The Balaban J connectivity index is 1.98. The van der Waals surface area contributed by atoms with Crippen LogP contribution in [0, 0.1) is 0 Å². The van der Waals surface area contributed by atoms with Crippen LogP contribution >= 0.6 is 0 Å². The zero-order chi connectivity index (χ0) is 17.9. The Bertz CT molecular complexity index is 776. The highest BCUT2D eigenvalue weighted by Gasteiger charge is 2.56. The van der Waals surface area contributed by atoms with Gasteiger partial charge in [-0.1, -0.05) is 42.5 Å². The van der Waals surface area contributed by atoms with E-state index in [4.69, 9.17) is 9.57 Å². The van der Waals surface area contributed by atoms with E-state index in [1.165, 1.54) is 12.2 Å². The number of hydrogen-bond donors (Lipinski definition) is 1. The molecule has 1 saturated heterocycles. The normalized spacial score (nSPS) is 20.2. The van der Waals surface area contributed by atoms with Gasteiger partial charge in [-0.25, -0.2) is 4.79 Å². The first-order chi connectivity index (χ1) is 12.1. The molecule has 2 aromatic rings. The Labute approximate surface area is 145 Å². The molecule has 3 rings (SSSR count). The molecular formula is C19H19NO5. The van der Waals surface area contributed by atoms with E-state index >= 15 is 0 Å². The number of carbonyl (C=O) groups excluding carboxylic acids is 1. The summed E-state index contributed by atoms with van der Waals surface area (Å²) in [6.45, 7) is 0.336. The van der Waals surface area contributed by atoms with Crippen molar-refractivity contribution in [2.45, 2.75) is 18.4 Å². The van der Waals surface area contributed by atoms with E-state index in [1.807, 2.05) is 0 Å². The van der Waals surface area contributed by atoms with Gasteiger partial charge in [-0.05, 0) is 25.0 Å². The van der Waals surface area contributed by atoms with Gasteiger partial charge >= 0.3 is 5.97 Å². The molecule has 0 bridgehead atoms. The van der Waals surface area contributed by atoms with Gasteiger partial charge in [-0.3, -0.25) is 4.79 Å². The molecule has 2 aromatic carbocycles. The second-order valence-corrected chi connectivity index (χ2v) is 5.81. The van der Waals surface area contributed by atoms with Gasteiger partial charge in [0.25, 0.3) is 0 Å². The SMILES string of the molecule is COc1ccccc1ON1CCCC1(C(=O)O)C(=O)c1ccccc1. The number of nitrogens with zero attached hydrogens (tertiary/aromatic N) is 1. The number of aliphatic carboxylic acids is 1. The highest BCUT2D eigenvalue weighted by atomic mass is 16.7. The maximum absolute atomic E-state index is 13.0. The second kappa shape index (κ2) is 6.94. The van der Waals surface area contributed by atoms with Gasteiger partial charge in [0.2, 0.25) is 5.54 Å². The summed E-state index contributed by atoms with van der Waals surface area (Å²) in [6, 6.07) is 15.4.